The van der Waals surface area contributed by atoms with Crippen LogP contribution in [0.25, 0.3) is 0 Å². The Morgan fingerprint density at radius 2 is 1.88 bits per heavy atom. The summed E-state index contributed by atoms with van der Waals surface area (Å²) in [5, 5.41) is 12.8. The molecule has 2 N–H and O–H groups in total. The first-order valence-corrected chi connectivity index (χ1v) is 5.81. The van der Waals surface area contributed by atoms with Crippen molar-refractivity contribution in [2.24, 2.45) is 0 Å². The Labute approximate surface area is 103 Å². The Kier molecular flexibility index (Phi) is 3.47. The molecule has 0 unspecified atom stereocenters. The fourth-order valence-electron chi connectivity index (χ4n) is 1.46. The molecule has 0 saturated carbocycles. The highest BCUT2D eigenvalue weighted by atomic mass is 79.9. The summed E-state index contributed by atoms with van der Waals surface area (Å²) >= 11 is 3.41. The Hall–Kier alpha value is -1.48. The van der Waals surface area contributed by atoms with E-state index < -0.39 is 0 Å². The molecule has 0 radical (unpaired) electrons. The number of halogens is 1. The van der Waals surface area contributed by atoms with Gasteiger partial charge in [-0.2, -0.15) is 0 Å². The maximum Gasteiger partial charge on any atom is 0.120 e. The Morgan fingerprint density at radius 3 is 2.62 bits per heavy atom. The van der Waals surface area contributed by atoms with Crippen molar-refractivity contribution in [1.29, 1.82) is 0 Å². The topological polar surface area (TPSA) is 32.3 Å². The van der Waals surface area contributed by atoms with Gasteiger partial charge in [-0.1, -0.05) is 40.2 Å². The predicted octanol–water partition coefficient (Wildman–Crippen LogP) is 3.77. The number of rotatable bonds is 3. The molecule has 0 aliphatic carbocycles. The first kappa shape index (κ1) is 11.0. The third kappa shape index (κ3) is 2.76. The van der Waals surface area contributed by atoms with Crippen molar-refractivity contribution in [3.8, 4) is 5.75 Å². The maximum absolute atomic E-state index is 9.59. The highest BCUT2D eigenvalue weighted by Gasteiger charge is 1.99. The lowest BCUT2D eigenvalue weighted by atomic mass is 10.2. The second kappa shape index (κ2) is 5.03. The molecule has 3 heteroatoms. The van der Waals surface area contributed by atoms with Gasteiger partial charge >= 0.3 is 0 Å². The third-order valence-corrected chi connectivity index (χ3v) is 2.79. The number of aromatic hydroxyl groups is 1. The van der Waals surface area contributed by atoms with Gasteiger partial charge in [0.25, 0.3) is 0 Å². The molecular formula is C13H12BrNO. The molecule has 0 atom stereocenters. The lowest BCUT2D eigenvalue weighted by molar-refractivity contribution is 0.469. The molecule has 82 valence electrons. The second-order valence-electron chi connectivity index (χ2n) is 3.49. The summed E-state index contributed by atoms with van der Waals surface area (Å²) in [5.41, 5.74) is 1.92. The number of para-hydroxylation sites is 1. The fourth-order valence-corrected chi connectivity index (χ4v) is 1.86. The van der Waals surface area contributed by atoms with E-state index in [1.807, 2.05) is 42.5 Å². The van der Waals surface area contributed by atoms with Gasteiger partial charge < -0.3 is 10.4 Å². The number of anilines is 1. The molecule has 0 amide bonds. The normalized spacial score (nSPS) is 10.1. The van der Waals surface area contributed by atoms with E-state index in [9.17, 15) is 5.11 Å². The minimum Gasteiger partial charge on any atom is -0.508 e. The van der Waals surface area contributed by atoms with Crippen LogP contribution < -0.4 is 5.32 Å². The third-order valence-electron chi connectivity index (χ3n) is 2.30. The minimum atomic E-state index is 0.324. The van der Waals surface area contributed by atoms with Crippen molar-refractivity contribution in [2.45, 2.75) is 6.54 Å². The first-order chi connectivity index (χ1) is 7.75. The molecule has 0 aliphatic rings. The second-order valence-corrected chi connectivity index (χ2v) is 4.41. The Bertz CT molecular complexity index is 485. The molecule has 2 rings (SSSR count). The van der Waals surface area contributed by atoms with Gasteiger partial charge in [-0.3, -0.25) is 0 Å². The van der Waals surface area contributed by atoms with Crippen LogP contribution in [-0.2, 0) is 6.54 Å². The van der Waals surface area contributed by atoms with E-state index in [1.54, 1.807) is 6.07 Å². The van der Waals surface area contributed by atoms with Crippen molar-refractivity contribution in [3.05, 3.63) is 58.6 Å². The predicted molar refractivity (Wildman–Crippen MR) is 69.6 cm³/mol. The Balaban J connectivity index is 2.05. The van der Waals surface area contributed by atoms with Gasteiger partial charge in [0.05, 0.1) is 0 Å². The van der Waals surface area contributed by atoms with E-state index in [4.69, 9.17) is 0 Å². The molecule has 0 spiro atoms. The average molecular weight is 278 g/mol. The molecule has 0 heterocycles. The number of benzene rings is 2. The zero-order valence-corrected chi connectivity index (χ0v) is 10.2. The van der Waals surface area contributed by atoms with E-state index in [0.717, 1.165) is 15.7 Å². The van der Waals surface area contributed by atoms with E-state index in [0.29, 0.717) is 12.3 Å². The molecule has 0 aliphatic heterocycles. The molecule has 0 saturated heterocycles. The van der Waals surface area contributed by atoms with Crippen molar-refractivity contribution >= 4 is 21.6 Å². The standard InChI is InChI=1S/C13H12BrNO/c14-11-5-3-6-12(8-11)15-9-10-4-1-2-7-13(10)16/h1-8,15-16H,9H2. The molecule has 2 aromatic carbocycles. The summed E-state index contributed by atoms with van der Waals surface area (Å²) in [5.74, 6) is 0.324. The van der Waals surface area contributed by atoms with Crippen LogP contribution in [0.15, 0.2) is 53.0 Å². The Morgan fingerprint density at radius 1 is 1.06 bits per heavy atom. The molecule has 0 bridgehead atoms. The van der Waals surface area contributed by atoms with Gasteiger partial charge in [0.2, 0.25) is 0 Å². The maximum atomic E-state index is 9.59. The summed E-state index contributed by atoms with van der Waals surface area (Å²) in [6, 6.07) is 15.3. The van der Waals surface area contributed by atoms with Crippen LogP contribution in [0.2, 0.25) is 0 Å². The lowest BCUT2D eigenvalue weighted by Gasteiger charge is -2.08. The van der Waals surface area contributed by atoms with E-state index in [1.165, 1.54) is 0 Å². The zero-order valence-electron chi connectivity index (χ0n) is 8.65. The van der Waals surface area contributed by atoms with Gasteiger partial charge in [0.15, 0.2) is 0 Å². The van der Waals surface area contributed by atoms with Gasteiger partial charge in [0, 0.05) is 22.3 Å². The molecule has 16 heavy (non-hydrogen) atoms. The van der Waals surface area contributed by atoms with Gasteiger partial charge in [-0.15, -0.1) is 0 Å². The highest BCUT2D eigenvalue weighted by molar-refractivity contribution is 9.10. The summed E-state index contributed by atoms with van der Waals surface area (Å²) < 4.78 is 1.04. The molecule has 0 aromatic heterocycles. The fraction of sp³-hybridized carbons (Fsp3) is 0.0769. The van der Waals surface area contributed by atoms with Gasteiger partial charge in [-0.25, -0.2) is 0 Å². The van der Waals surface area contributed by atoms with Crippen LogP contribution in [0.1, 0.15) is 5.56 Å². The minimum absolute atomic E-state index is 0.324. The smallest absolute Gasteiger partial charge is 0.120 e. The first-order valence-electron chi connectivity index (χ1n) is 5.02. The number of hydrogen-bond donors (Lipinski definition) is 2. The SMILES string of the molecule is Oc1ccccc1CNc1cccc(Br)c1. The summed E-state index contributed by atoms with van der Waals surface area (Å²) in [7, 11) is 0. The number of phenols is 1. The lowest BCUT2D eigenvalue weighted by Crippen LogP contribution is -1.99. The van der Waals surface area contributed by atoms with Crippen LogP contribution in [0.3, 0.4) is 0 Å². The number of hydrogen-bond acceptors (Lipinski definition) is 2. The van der Waals surface area contributed by atoms with Gasteiger partial charge in [0.1, 0.15) is 5.75 Å². The summed E-state index contributed by atoms with van der Waals surface area (Å²) in [6.45, 7) is 0.614. The van der Waals surface area contributed by atoms with Crippen molar-refractivity contribution < 1.29 is 5.11 Å². The van der Waals surface area contributed by atoms with Crippen molar-refractivity contribution in [2.75, 3.05) is 5.32 Å². The monoisotopic (exact) mass is 277 g/mol. The quantitative estimate of drug-likeness (QED) is 0.895. The molecule has 0 fully saturated rings. The van der Waals surface area contributed by atoms with Crippen LogP contribution in [0.5, 0.6) is 5.75 Å². The van der Waals surface area contributed by atoms with Crippen molar-refractivity contribution in [1.82, 2.24) is 0 Å². The number of phenolic OH excluding ortho intramolecular Hbond substituents is 1. The van der Waals surface area contributed by atoms with Gasteiger partial charge in [-0.05, 0) is 24.3 Å². The van der Waals surface area contributed by atoms with Crippen LogP contribution in [-0.4, -0.2) is 5.11 Å². The van der Waals surface area contributed by atoms with E-state index in [-0.39, 0.29) is 0 Å². The molecular weight excluding hydrogens is 266 g/mol. The van der Waals surface area contributed by atoms with Crippen LogP contribution >= 0.6 is 15.9 Å². The highest BCUT2D eigenvalue weighted by Crippen LogP contribution is 2.19. The van der Waals surface area contributed by atoms with Crippen LogP contribution in [0.4, 0.5) is 5.69 Å². The summed E-state index contributed by atoms with van der Waals surface area (Å²) in [4.78, 5) is 0. The summed E-state index contributed by atoms with van der Waals surface area (Å²) in [6.07, 6.45) is 0. The number of nitrogens with one attached hydrogen (secondary N) is 1. The zero-order chi connectivity index (χ0) is 11.4. The molecule has 2 aromatic rings. The largest absolute Gasteiger partial charge is 0.508 e. The van der Waals surface area contributed by atoms with E-state index in [2.05, 4.69) is 21.2 Å². The van der Waals surface area contributed by atoms with Crippen LogP contribution in [0, 0.1) is 0 Å². The van der Waals surface area contributed by atoms with E-state index >= 15 is 0 Å². The molecule has 2 nitrogen and oxygen atoms in total. The van der Waals surface area contributed by atoms with Crippen molar-refractivity contribution in [3.63, 3.8) is 0 Å². The average Bonchev–Trinajstić information content (AvgIpc) is 2.28.